The maximum atomic E-state index is 10.8. The number of carbonyl (C=O) groups is 1. The van der Waals surface area contributed by atoms with Crippen LogP contribution in [0.3, 0.4) is 0 Å². The lowest BCUT2D eigenvalue weighted by atomic mass is 10.1. The van der Waals surface area contributed by atoms with Crippen molar-refractivity contribution in [2.24, 2.45) is 5.73 Å². The van der Waals surface area contributed by atoms with E-state index >= 15 is 0 Å². The fraction of sp³-hybridized carbons (Fsp3) is 0.412. The van der Waals surface area contributed by atoms with Crippen LogP contribution in [0.1, 0.15) is 29.6 Å². The van der Waals surface area contributed by atoms with Crippen molar-refractivity contribution in [1.82, 2.24) is 15.0 Å². The van der Waals surface area contributed by atoms with Crippen molar-refractivity contribution >= 4 is 11.7 Å². The quantitative estimate of drug-likeness (QED) is 0.886. The molecule has 0 aliphatic carbocycles. The Balaban J connectivity index is 1.67. The normalized spacial score (nSPS) is 17.7. The third-order valence-electron chi connectivity index (χ3n) is 3.99. The zero-order valence-corrected chi connectivity index (χ0v) is 13.7. The molecule has 0 bridgehead atoms. The van der Waals surface area contributed by atoms with Crippen molar-refractivity contribution < 1.29 is 9.53 Å². The first-order valence-corrected chi connectivity index (χ1v) is 8.01. The molecule has 2 N–H and O–H groups in total. The van der Waals surface area contributed by atoms with E-state index in [2.05, 4.69) is 19.9 Å². The van der Waals surface area contributed by atoms with Gasteiger partial charge < -0.3 is 15.4 Å². The van der Waals surface area contributed by atoms with Crippen LogP contribution in [-0.2, 0) is 16.0 Å². The van der Waals surface area contributed by atoms with Crippen molar-refractivity contribution in [3.05, 3.63) is 47.7 Å². The van der Waals surface area contributed by atoms with E-state index in [1.807, 2.05) is 25.1 Å². The molecule has 7 nitrogen and oxygen atoms in total. The molecule has 0 saturated carbocycles. The number of pyridine rings is 1. The summed E-state index contributed by atoms with van der Waals surface area (Å²) in [5, 5.41) is 0. The van der Waals surface area contributed by atoms with Crippen LogP contribution in [0.25, 0.3) is 0 Å². The second-order valence-corrected chi connectivity index (χ2v) is 5.83. The van der Waals surface area contributed by atoms with Crippen LogP contribution in [0.5, 0.6) is 0 Å². The van der Waals surface area contributed by atoms with Gasteiger partial charge in [-0.1, -0.05) is 6.07 Å². The van der Waals surface area contributed by atoms with Crippen molar-refractivity contribution in [3.63, 3.8) is 0 Å². The van der Waals surface area contributed by atoms with E-state index in [1.165, 1.54) is 0 Å². The third kappa shape index (κ3) is 4.05. The fourth-order valence-corrected chi connectivity index (χ4v) is 2.70. The van der Waals surface area contributed by atoms with Crippen LogP contribution < -0.4 is 10.6 Å². The first-order valence-electron chi connectivity index (χ1n) is 8.01. The Morgan fingerprint density at radius 3 is 2.96 bits per heavy atom. The van der Waals surface area contributed by atoms with Crippen molar-refractivity contribution in [2.75, 3.05) is 24.6 Å². The molecule has 1 saturated heterocycles. The van der Waals surface area contributed by atoms with Gasteiger partial charge in [-0.2, -0.15) is 0 Å². The van der Waals surface area contributed by atoms with Gasteiger partial charge in [0.2, 0.25) is 5.91 Å². The monoisotopic (exact) mass is 327 g/mol. The Hall–Kier alpha value is -2.54. The molecule has 1 fully saturated rings. The van der Waals surface area contributed by atoms with Crippen LogP contribution in [0, 0.1) is 6.92 Å². The van der Waals surface area contributed by atoms with Gasteiger partial charge in [0.1, 0.15) is 17.7 Å². The number of primary amides is 1. The minimum atomic E-state index is -0.300. The van der Waals surface area contributed by atoms with Crippen LogP contribution in [0.4, 0.5) is 5.82 Å². The smallest absolute Gasteiger partial charge is 0.217 e. The highest BCUT2D eigenvalue weighted by Gasteiger charge is 2.24. The Bertz CT molecular complexity index is 704. The molecular weight excluding hydrogens is 306 g/mol. The van der Waals surface area contributed by atoms with E-state index in [-0.39, 0.29) is 12.0 Å². The summed E-state index contributed by atoms with van der Waals surface area (Å²) in [7, 11) is 0. The zero-order chi connectivity index (χ0) is 16.9. The topological polar surface area (TPSA) is 94.2 Å². The minimum absolute atomic E-state index is 0.0980. The average Bonchev–Trinajstić information content (AvgIpc) is 2.60. The number of rotatable bonds is 5. The Kier molecular flexibility index (Phi) is 5.00. The van der Waals surface area contributed by atoms with Crippen LogP contribution in [0.15, 0.2) is 30.6 Å². The van der Waals surface area contributed by atoms with Gasteiger partial charge in [0.25, 0.3) is 0 Å². The van der Waals surface area contributed by atoms with Crippen LogP contribution in [-0.4, -0.2) is 40.6 Å². The number of carbonyl (C=O) groups excluding carboxylic acids is 1. The molecule has 2 aromatic heterocycles. The second-order valence-electron chi connectivity index (χ2n) is 5.83. The number of nitrogens with zero attached hydrogens (tertiary/aromatic N) is 4. The van der Waals surface area contributed by atoms with Gasteiger partial charge in [-0.3, -0.25) is 9.78 Å². The van der Waals surface area contributed by atoms with Crippen molar-refractivity contribution in [3.8, 4) is 0 Å². The van der Waals surface area contributed by atoms with E-state index in [1.54, 1.807) is 12.4 Å². The second kappa shape index (κ2) is 7.35. The molecule has 1 unspecified atom stereocenters. The van der Waals surface area contributed by atoms with Gasteiger partial charge in [-0.15, -0.1) is 0 Å². The van der Waals surface area contributed by atoms with Gasteiger partial charge in [-0.25, -0.2) is 9.97 Å². The van der Waals surface area contributed by atoms with Crippen LogP contribution in [0.2, 0.25) is 0 Å². The Labute approximate surface area is 140 Å². The van der Waals surface area contributed by atoms with E-state index in [0.29, 0.717) is 26.0 Å². The lowest BCUT2D eigenvalue weighted by Crippen LogP contribution is -2.39. The first-order chi connectivity index (χ1) is 11.6. The number of hydrogen-bond acceptors (Lipinski definition) is 6. The van der Waals surface area contributed by atoms with Gasteiger partial charge in [-0.05, 0) is 31.0 Å². The van der Waals surface area contributed by atoms with E-state index in [0.717, 1.165) is 29.4 Å². The summed E-state index contributed by atoms with van der Waals surface area (Å²) in [6.07, 6.45) is 4.41. The summed E-state index contributed by atoms with van der Waals surface area (Å²) < 4.78 is 5.86. The predicted molar refractivity (Wildman–Crippen MR) is 89.4 cm³/mol. The Morgan fingerprint density at radius 2 is 2.25 bits per heavy atom. The highest BCUT2D eigenvalue weighted by atomic mass is 16.5. The van der Waals surface area contributed by atoms with E-state index < -0.39 is 0 Å². The predicted octanol–water partition coefficient (Wildman–Crippen LogP) is 1.18. The molecule has 7 heteroatoms. The number of aromatic nitrogens is 3. The molecule has 1 atom stereocenters. The summed E-state index contributed by atoms with van der Waals surface area (Å²) in [5.41, 5.74) is 7.05. The third-order valence-corrected chi connectivity index (χ3v) is 3.99. The van der Waals surface area contributed by atoms with Crippen molar-refractivity contribution in [2.45, 2.75) is 25.9 Å². The molecule has 126 valence electrons. The van der Waals surface area contributed by atoms with Crippen molar-refractivity contribution in [1.29, 1.82) is 0 Å². The summed E-state index contributed by atoms with van der Waals surface area (Å²) in [6, 6.07) is 5.84. The summed E-state index contributed by atoms with van der Waals surface area (Å²) >= 11 is 0. The van der Waals surface area contributed by atoms with Gasteiger partial charge in [0.15, 0.2) is 0 Å². The maximum absolute atomic E-state index is 10.8. The summed E-state index contributed by atoms with van der Waals surface area (Å²) in [6.45, 7) is 4.00. The maximum Gasteiger partial charge on any atom is 0.217 e. The molecule has 2 aromatic rings. The lowest BCUT2D eigenvalue weighted by Gasteiger charge is -2.33. The van der Waals surface area contributed by atoms with Gasteiger partial charge in [0.05, 0.1) is 18.8 Å². The first kappa shape index (κ1) is 16.3. The van der Waals surface area contributed by atoms with E-state index in [4.69, 9.17) is 10.5 Å². The number of anilines is 1. The average molecular weight is 327 g/mol. The summed E-state index contributed by atoms with van der Waals surface area (Å²) in [4.78, 5) is 26.1. The molecule has 0 aromatic carbocycles. The molecule has 1 amide bonds. The molecule has 24 heavy (non-hydrogen) atoms. The molecule has 1 aliphatic heterocycles. The molecule has 3 heterocycles. The van der Waals surface area contributed by atoms with Gasteiger partial charge in [0, 0.05) is 25.4 Å². The number of aryl methyl sites for hydroxylation is 2. The Morgan fingerprint density at radius 1 is 1.38 bits per heavy atom. The van der Waals surface area contributed by atoms with E-state index in [9.17, 15) is 4.79 Å². The fourth-order valence-electron chi connectivity index (χ4n) is 2.70. The molecule has 1 aliphatic rings. The number of morpholine rings is 1. The lowest BCUT2D eigenvalue weighted by molar-refractivity contribution is -0.117. The number of hydrogen-bond donors (Lipinski definition) is 1. The van der Waals surface area contributed by atoms with Crippen LogP contribution >= 0.6 is 0 Å². The highest BCUT2D eigenvalue weighted by Crippen LogP contribution is 2.24. The number of ether oxygens (including phenoxy) is 1. The number of amides is 1. The SMILES string of the molecule is Cc1nccc(N2CCOC(c3ccc(CCC(N)=O)cn3)C2)n1. The van der Waals surface area contributed by atoms with Gasteiger partial charge >= 0.3 is 0 Å². The molecule has 0 spiro atoms. The largest absolute Gasteiger partial charge is 0.370 e. The summed E-state index contributed by atoms with van der Waals surface area (Å²) in [5.74, 6) is 1.37. The molecular formula is C17H21N5O2. The molecule has 0 radical (unpaired) electrons. The minimum Gasteiger partial charge on any atom is -0.370 e. The highest BCUT2D eigenvalue weighted by molar-refractivity contribution is 5.73. The zero-order valence-electron chi connectivity index (χ0n) is 13.7. The standard InChI is InChI=1S/C17H21N5O2/c1-12-19-7-6-17(21-12)22-8-9-24-15(11-22)14-4-2-13(10-20-14)3-5-16(18)23/h2,4,6-7,10,15H,3,5,8-9,11H2,1H3,(H2,18,23). The molecule has 3 rings (SSSR count). The number of nitrogens with two attached hydrogens (primary N) is 1.